The molecule has 0 saturated carbocycles. The van der Waals surface area contributed by atoms with Gasteiger partial charge in [-0.25, -0.2) is 0 Å². The first-order valence-corrected chi connectivity index (χ1v) is 21.1. The van der Waals surface area contributed by atoms with Crippen molar-refractivity contribution in [2.75, 3.05) is 6.61 Å². The fourth-order valence-electron chi connectivity index (χ4n) is 6.43. The van der Waals surface area contributed by atoms with E-state index in [0.29, 0.717) is 6.42 Å². The van der Waals surface area contributed by atoms with Crippen LogP contribution in [0.5, 0.6) is 0 Å². The summed E-state index contributed by atoms with van der Waals surface area (Å²) in [5.41, 5.74) is 0. The first kappa shape index (κ1) is 45.9. The van der Waals surface area contributed by atoms with Gasteiger partial charge in [-0.1, -0.05) is 212 Å². The normalized spacial score (nSPS) is 13.2. The molecule has 47 heavy (non-hydrogen) atoms. The van der Waals surface area contributed by atoms with E-state index in [-0.39, 0.29) is 12.5 Å². The number of rotatable bonds is 38. The molecule has 0 fully saturated rings. The van der Waals surface area contributed by atoms with Gasteiger partial charge in [0.1, 0.15) is 0 Å². The van der Waals surface area contributed by atoms with Crippen LogP contribution in [0, 0.1) is 0 Å². The second-order valence-electron chi connectivity index (χ2n) is 14.4. The minimum absolute atomic E-state index is 0.0710. The number of allylic oxidation sites excluding steroid dienone is 3. The second-order valence-corrected chi connectivity index (χ2v) is 14.4. The molecule has 0 aliphatic heterocycles. The van der Waals surface area contributed by atoms with Crippen molar-refractivity contribution >= 4 is 5.91 Å². The van der Waals surface area contributed by atoms with Crippen molar-refractivity contribution in [3.8, 4) is 0 Å². The zero-order valence-electron chi connectivity index (χ0n) is 31.8. The molecule has 0 heterocycles. The van der Waals surface area contributed by atoms with Crippen LogP contribution in [0.25, 0.3) is 0 Å². The highest BCUT2D eigenvalue weighted by Crippen LogP contribution is 2.15. The van der Waals surface area contributed by atoms with Crippen molar-refractivity contribution in [1.82, 2.24) is 5.32 Å². The lowest BCUT2D eigenvalue weighted by atomic mass is 10.0. The third-order valence-corrected chi connectivity index (χ3v) is 9.69. The Bertz CT molecular complexity index is 676. The van der Waals surface area contributed by atoms with Crippen LogP contribution in [0.1, 0.15) is 226 Å². The Hall–Kier alpha value is -1.13. The summed E-state index contributed by atoms with van der Waals surface area (Å²) >= 11 is 0. The number of carbonyl (C=O) groups is 1. The number of unbranched alkanes of at least 4 members (excludes halogenated alkanes) is 29. The van der Waals surface area contributed by atoms with Gasteiger partial charge in [0, 0.05) is 6.42 Å². The molecule has 2 atom stereocenters. The summed E-state index contributed by atoms with van der Waals surface area (Å²) in [4.78, 5) is 12.4. The zero-order valence-corrected chi connectivity index (χ0v) is 31.8. The van der Waals surface area contributed by atoms with Crippen molar-refractivity contribution < 1.29 is 15.0 Å². The summed E-state index contributed by atoms with van der Waals surface area (Å²) in [7, 11) is 0. The minimum Gasteiger partial charge on any atom is -0.394 e. The highest BCUT2D eigenvalue weighted by molar-refractivity contribution is 5.76. The van der Waals surface area contributed by atoms with E-state index in [1.165, 1.54) is 173 Å². The third kappa shape index (κ3) is 36.0. The maximum absolute atomic E-state index is 12.4. The number of hydrogen-bond acceptors (Lipinski definition) is 3. The van der Waals surface area contributed by atoms with Gasteiger partial charge < -0.3 is 15.5 Å². The highest BCUT2D eigenvalue weighted by Gasteiger charge is 2.17. The molecule has 0 aromatic rings. The van der Waals surface area contributed by atoms with E-state index in [4.69, 9.17) is 0 Å². The molecular formula is C43H83NO3. The maximum Gasteiger partial charge on any atom is 0.220 e. The molecule has 278 valence electrons. The van der Waals surface area contributed by atoms with Crippen molar-refractivity contribution in [3.63, 3.8) is 0 Å². The summed E-state index contributed by atoms with van der Waals surface area (Å²) in [5.74, 6) is -0.0710. The average molecular weight is 662 g/mol. The first-order chi connectivity index (χ1) is 23.2. The Morgan fingerprint density at radius 2 is 0.830 bits per heavy atom. The number of amides is 1. The Morgan fingerprint density at radius 3 is 1.23 bits per heavy atom. The van der Waals surface area contributed by atoms with Crippen LogP contribution in [0.4, 0.5) is 0 Å². The molecule has 3 N–H and O–H groups in total. The summed E-state index contributed by atoms with van der Waals surface area (Å²) in [6.07, 6.45) is 49.9. The van der Waals surface area contributed by atoms with Crippen molar-refractivity contribution in [2.45, 2.75) is 238 Å². The van der Waals surface area contributed by atoms with Gasteiger partial charge in [-0.3, -0.25) is 4.79 Å². The van der Waals surface area contributed by atoms with E-state index in [0.717, 1.165) is 32.1 Å². The Kier molecular flexibility index (Phi) is 38.4. The van der Waals surface area contributed by atoms with E-state index in [1.54, 1.807) is 6.08 Å². The number of hydrogen-bond donors (Lipinski definition) is 3. The zero-order chi connectivity index (χ0) is 34.3. The fourth-order valence-corrected chi connectivity index (χ4v) is 6.43. The molecule has 1 amide bonds. The number of carbonyl (C=O) groups excluding carboxylic acids is 1. The predicted octanol–water partition coefficient (Wildman–Crippen LogP) is 12.8. The monoisotopic (exact) mass is 662 g/mol. The van der Waals surface area contributed by atoms with Crippen LogP contribution in [-0.2, 0) is 4.79 Å². The Morgan fingerprint density at radius 1 is 0.489 bits per heavy atom. The van der Waals surface area contributed by atoms with E-state index in [9.17, 15) is 15.0 Å². The molecule has 0 aromatic heterocycles. The molecule has 0 bridgehead atoms. The topological polar surface area (TPSA) is 69.6 Å². The maximum atomic E-state index is 12.4. The summed E-state index contributed by atoms with van der Waals surface area (Å²) < 4.78 is 0. The highest BCUT2D eigenvalue weighted by atomic mass is 16.3. The Balaban J connectivity index is 3.57. The Labute approximate surface area is 294 Å². The summed E-state index contributed by atoms with van der Waals surface area (Å²) in [5, 5.41) is 22.9. The first-order valence-electron chi connectivity index (χ1n) is 21.1. The van der Waals surface area contributed by atoms with Crippen LogP contribution in [-0.4, -0.2) is 34.9 Å². The van der Waals surface area contributed by atoms with Crippen LogP contribution in [0.3, 0.4) is 0 Å². The molecule has 4 nitrogen and oxygen atoms in total. The molecule has 0 saturated heterocycles. The molecule has 0 rings (SSSR count). The molecule has 2 unspecified atom stereocenters. The molecule has 0 radical (unpaired) electrons. The van der Waals surface area contributed by atoms with Crippen molar-refractivity contribution in [1.29, 1.82) is 0 Å². The van der Waals surface area contributed by atoms with E-state index in [1.807, 2.05) is 6.08 Å². The lowest BCUT2D eigenvalue weighted by Crippen LogP contribution is -2.45. The van der Waals surface area contributed by atoms with Crippen molar-refractivity contribution in [3.05, 3.63) is 24.3 Å². The van der Waals surface area contributed by atoms with Crippen LogP contribution >= 0.6 is 0 Å². The smallest absolute Gasteiger partial charge is 0.220 e. The van der Waals surface area contributed by atoms with Crippen LogP contribution < -0.4 is 5.32 Å². The lowest BCUT2D eigenvalue weighted by molar-refractivity contribution is -0.123. The van der Waals surface area contributed by atoms with Gasteiger partial charge >= 0.3 is 0 Å². The quantitative estimate of drug-likeness (QED) is 0.0455. The van der Waals surface area contributed by atoms with Crippen molar-refractivity contribution in [2.24, 2.45) is 0 Å². The lowest BCUT2D eigenvalue weighted by Gasteiger charge is -2.19. The van der Waals surface area contributed by atoms with Gasteiger partial charge in [-0.05, 0) is 32.1 Å². The second kappa shape index (κ2) is 39.3. The van der Waals surface area contributed by atoms with Gasteiger partial charge in [0.25, 0.3) is 0 Å². The fraction of sp³-hybridized carbons (Fsp3) is 0.884. The van der Waals surface area contributed by atoms with Gasteiger partial charge in [0.05, 0.1) is 18.8 Å². The number of aliphatic hydroxyl groups is 2. The van der Waals surface area contributed by atoms with E-state index in [2.05, 4.69) is 31.3 Å². The molecule has 0 aliphatic rings. The number of aliphatic hydroxyl groups excluding tert-OH is 2. The summed E-state index contributed by atoms with van der Waals surface area (Å²) in [6.45, 7) is 4.30. The SMILES string of the molecule is CCCCCCCCCCC/C=C/CC/C=C/C(O)C(CO)NC(=O)CCCCCCCCCCCCCCCCCCCCCC. The van der Waals surface area contributed by atoms with Gasteiger partial charge in [0.2, 0.25) is 5.91 Å². The summed E-state index contributed by atoms with van der Waals surface area (Å²) in [6, 6.07) is -0.633. The van der Waals surface area contributed by atoms with Gasteiger partial charge in [-0.2, -0.15) is 0 Å². The number of nitrogens with one attached hydrogen (secondary N) is 1. The molecule has 0 spiro atoms. The average Bonchev–Trinajstić information content (AvgIpc) is 3.07. The van der Waals surface area contributed by atoms with Crippen LogP contribution in [0.2, 0.25) is 0 Å². The molecule has 4 heteroatoms. The standard InChI is InChI=1S/C43H83NO3/c1-3-5-7-9-11-13-15-17-19-20-21-22-23-25-27-29-31-33-35-37-39-43(47)44-41(40-45)42(46)38-36-34-32-30-28-26-24-18-16-14-12-10-8-6-4-2/h28,30,36,38,41-42,45-46H,3-27,29,31-35,37,39-40H2,1-2H3,(H,44,47)/b30-28+,38-36+. The minimum atomic E-state index is -0.857. The largest absolute Gasteiger partial charge is 0.394 e. The van der Waals surface area contributed by atoms with Gasteiger partial charge in [0.15, 0.2) is 0 Å². The van der Waals surface area contributed by atoms with Crippen LogP contribution in [0.15, 0.2) is 24.3 Å². The predicted molar refractivity (Wildman–Crippen MR) is 207 cm³/mol. The van der Waals surface area contributed by atoms with E-state index >= 15 is 0 Å². The van der Waals surface area contributed by atoms with Gasteiger partial charge in [-0.15, -0.1) is 0 Å². The molecule has 0 aromatic carbocycles. The third-order valence-electron chi connectivity index (χ3n) is 9.69. The molecular weight excluding hydrogens is 578 g/mol. The van der Waals surface area contributed by atoms with E-state index < -0.39 is 12.1 Å². The molecule has 0 aliphatic carbocycles.